The number of nitrogens with one attached hydrogen (secondary N) is 1. The molecule has 2 atom stereocenters. The molecular formula is C35H71NO5S. The average molecular weight is 618 g/mol. The van der Waals surface area contributed by atoms with Crippen LogP contribution in [0.4, 0.5) is 0 Å². The smallest absolute Gasteiger partial charge is 0.266 e. The number of aliphatic hydroxyl groups is 1. The number of hydrogen-bond acceptors (Lipinski definition) is 4. The highest BCUT2D eigenvalue weighted by Crippen LogP contribution is 2.16. The van der Waals surface area contributed by atoms with Crippen LogP contribution < -0.4 is 5.32 Å². The molecule has 2 unspecified atom stereocenters. The van der Waals surface area contributed by atoms with Gasteiger partial charge in [0.25, 0.3) is 10.1 Å². The number of carbonyl (C=O) groups excluding carboxylic acids is 1. The lowest BCUT2D eigenvalue weighted by molar-refractivity contribution is -0.122. The number of carbonyl (C=O) groups is 1. The van der Waals surface area contributed by atoms with Gasteiger partial charge in [-0.25, -0.2) is 0 Å². The van der Waals surface area contributed by atoms with Gasteiger partial charge in [-0.2, -0.15) is 8.42 Å². The molecule has 0 aliphatic heterocycles. The summed E-state index contributed by atoms with van der Waals surface area (Å²) in [6, 6.07) is -0.961. The highest BCUT2D eigenvalue weighted by molar-refractivity contribution is 7.85. The number of hydrogen-bond donors (Lipinski definition) is 3. The molecule has 6 nitrogen and oxygen atoms in total. The first-order valence-corrected chi connectivity index (χ1v) is 19.8. The van der Waals surface area contributed by atoms with Crippen LogP contribution >= 0.6 is 0 Å². The Balaban J connectivity index is 3.86. The predicted octanol–water partition coefficient (Wildman–Crippen LogP) is 10.1. The Morgan fingerprint density at radius 3 is 1.19 bits per heavy atom. The zero-order valence-electron chi connectivity index (χ0n) is 27.9. The van der Waals surface area contributed by atoms with Crippen LogP contribution in [0, 0.1) is 0 Å². The van der Waals surface area contributed by atoms with Gasteiger partial charge in [-0.05, 0) is 12.8 Å². The van der Waals surface area contributed by atoms with E-state index in [0.717, 1.165) is 38.5 Å². The standard InChI is InChI=1S/C35H71NO5S/c1-3-5-7-9-11-13-15-16-17-18-19-20-21-22-24-26-28-30-34(37)33(32-42(39,40)41)36-35(38)31-29-27-25-23-14-12-10-8-6-4-2/h33-34,37H,3-32H2,1-2H3,(H,36,38)(H,39,40,41). The van der Waals surface area contributed by atoms with Crippen LogP contribution in [0.5, 0.6) is 0 Å². The van der Waals surface area contributed by atoms with Crippen LogP contribution in [0.25, 0.3) is 0 Å². The van der Waals surface area contributed by atoms with Gasteiger partial charge in [0.15, 0.2) is 0 Å². The molecule has 0 rings (SSSR count). The molecule has 1 amide bonds. The highest BCUT2D eigenvalue weighted by atomic mass is 32.2. The van der Waals surface area contributed by atoms with Crippen LogP contribution in [0.2, 0.25) is 0 Å². The first-order valence-electron chi connectivity index (χ1n) is 18.2. The lowest BCUT2D eigenvalue weighted by atomic mass is 10.0. The minimum Gasteiger partial charge on any atom is -0.391 e. The maximum absolute atomic E-state index is 12.4. The molecular weight excluding hydrogens is 546 g/mol. The second-order valence-electron chi connectivity index (χ2n) is 12.9. The quantitative estimate of drug-likeness (QED) is 0.0502. The van der Waals surface area contributed by atoms with E-state index in [1.807, 2.05) is 0 Å². The molecule has 0 saturated carbocycles. The van der Waals surface area contributed by atoms with Crippen molar-refractivity contribution in [3.05, 3.63) is 0 Å². The Hall–Kier alpha value is -0.660. The summed E-state index contributed by atoms with van der Waals surface area (Å²) >= 11 is 0. The second-order valence-corrected chi connectivity index (χ2v) is 14.4. The molecule has 0 aliphatic rings. The van der Waals surface area contributed by atoms with E-state index in [9.17, 15) is 22.9 Å². The molecule has 0 heterocycles. The van der Waals surface area contributed by atoms with Gasteiger partial charge < -0.3 is 10.4 Å². The molecule has 0 bridgehead atoms. The number of rotatable bonds is 33. The zero-order chi connectivity index (χ0) is 31.2. The molecule has 0 aromatic carbocycles. The first kappa shape index (κ1) is 41.3. The summed E-state index contributed by atoms with van der Waals surface area (Å²) in [5.74, 6) is -0.888. The second kappa shape index (κ2) is 30.4. The summed E-state index contributed by atoms with van der Waals surface area (Å²) in [6.45, 7) is 4.49. The van der Waals surface area contributed by atoms with Gasteiger partial charge in [0.2, 0.25) is 5.91 Å². The van der Waals surface area contributed by atoms with Gasteiger partial charge in [0.05, 0.1) is 17.9 Å². The highest BCUT2D eigenvalue weighted by Gasteiger charge is 2.26. The Labute approximate surface area is 261 Å². The van der Waals surface area contributed by atoms with Gasteiger partial charge in [-0.1, -0.05) is 181 Å². The number of amides is 1. The molecule has 0 spiro atoms. The van der Waals surface area contributed by atoms with Crippen LogP contribution in [-0.4, -0.2) is 41.9 Å². The zero-order valence-corrected chi connectivity index (χ0v) is 28.7. The van der Waals surface area contributed by atoms with Gasteiger partial charge in [0.1, 0.15) is 0 Å². The van der Waals surface area contributed by atoms with E-state index < -0.39 is 28.0 Å². The van der Waals surface area contributed by atoms with Crippen molar-refractivity contribution < 1.29 is 22.9 Å². The van der Waals surface area contributed by atoms with E-state index in [1.54, 1.807) is 0 Å². The molecule has 0 aromatic heterocycles. The fourth-order valence-corrected chi connectivity index (χ4v) is 6.57. The van der Waals surface area contributed by atoms with Crippen molar-refractivity contribution in [3.63, 3.8) is 0 Å². The van der Waals surface area contributed by atoms with Crippen molar-refractivity contribution in [2.45, 2.75) is 212 Å². The van der Waals surface area contributed by atoms with Crippen molar-refractivity contribution in [1.82, 2.24) is 5.32 Å². The first-order chi connectivity index (χ1) is 20.3. The summed E-state index contributed by atoms with van der Waals surface area (Å²) in [6.07, 6.45) is 33.4. The van der Waals surface area contributed by atoms with Crippen molar-refractivity contribution >= 4 is 16.0 Å². The molecule has 0 aromatic rings. The van der Waals surface area contributed by atoms with Crippen molar-refractivity contribution in [1.29, 1.82) is 0 Å². The Morgan fingerprint density at radius 1 is 0.548 bits per heavy atom. The molecule has 3 N–H and O–H groups in total. The van der Waals surface area contributed by atoms with Gasteiger partial charge in [-0.3, -0.25) is 9.35 Å². The van der Waals surface area contributed by atoms with Crippen LogP contribution in [0.1, 0.15) is 200 Å². The van der Waals surface area contributed by atoms with E-state index in [-0.39, 0.29) is 5.91 Å². The normalized spacial score (nSPS) is 13.3. The predicted molar refractivity (Wildman–Crippen MR) is 180 cm³/mol. The largest absolute Gasteiger partial charge is 0.391 e. The van der Waals surface area contributed by atoms with E-state index >= 15 is 0 Å². The number of unbranched alkanes of at least 4 members (excludes halogenated alkanes) is 25. The minimum atomic E-state index is -4.29. The lowest BCUT2D eigenvalue weighted by Crippen LogP contribution is -2.47. The lowest BCUT2D eigenvalue weighted by Gasteiger charge is -2.23. The van der Waals surface area contributed by atoms with Crippen LogP contribution in [0.15, 0.2) is 0 Å². The molecule has 7 heteroatoms. The third-order valence-electron chi connectivity index (χ3n) is 8.56. The molecule has 252 valence electrons. The number of aliphatic hydroxyl groups excluding tert-OH is 1. The molecule has 0 radical (unpaired) electrons. The van der Waals surface area contributed by atoms with Crippen LogP contribution in [-0.2, 0) is 14.9 Å². The molecule has 0 saturated heterocycles. The third-order valence-corrected chi connectivity index (χ3v) is 9.34. The fourth-order valence-electron chi connectivity index (χ4n) is 5.81. The maximum atomic E-state index is 12.4. The van der Waals surface area contributed by atoms with Crippen LogP contribution in [0.3, 0.4) is 0 Å². The summed E-state index contributed by atoms with van der Waals surface area (Å²) in [7, 11) is -4.29. The van der Waals surface area contributed by atoms with Crippen molar-refractivity contribution in [2.24, 2.45) is 0 Å². The Bertz CT molecular complexity index is 685. The van der Waals surface area contributed by atoms with E-state index in [1.165, 1.54) is 135 Å². The summed E-state index contributed by atoms with van der Waals surface area (Å²) in [5.41, 5.74) is 0. The molecule has 0 aliphatic carbocycles. The fraction of sp³-hybridized carbons (Fsp3) is 0.971. The maximum Gasteiger partial charge on any atom is 0.266 e. The van der Waals surface area contributed by atoms with Gasteiger partial charge in [-0.15, -0.1) is 0 Å². The summed E-state index contributed by atoms with van der Waals surface area (Å²) < 4.78 is 32.3. The summed E-state index contributed by atoms with van der Waals surface area (Å²) in [4.78, 5) is 12.4. The van der Waals surface area contributed by atoms with Gasteiger partial charge in [0, 0.05) is 6.42 Å². The van der Waals surface area contributed by atoms with E-state index in [2.05, 4.69) is 19.2 Å². The molecule has 42 heavy (non-hydrogen) atoms. The Morgan fingerprint density at radius 2 is 0.857 bits per heavy atom. The molecule has 0 fully saturated rings. The summed E-state index contributed by atoms with van der Waals surface area (Å²) in [5, 5.41) is 13.3. The van der Waals surface area contributed by atoms with E-state index in [4.69, 9.17) is 0 Å². The third kappa shape index (κ3) is 30.8. The monoisotopic (exact) mass is 618 g/mol. The van der Waals surface area contributed by atoms with Crippen molar-refractivity contribution in [2.75, 3.05) is 5.75 Å². The van der Waals surface area contributed by atoms with Gasteiger partial charge >= 0.3 is 0 Å². The Kier molecular flexibility index (Phi) is 29.9. The topological polar surface area (TPSA) is 104 Å². The SMILES string of the molecule is CCCCCCCCCCCCCCCCCCCC(O)C(CS(=O)(=O)O)NC(=O)CCCCCCCCCCCC. The average Bonchev–Trinajstić information content (AvgIpc) is 2.94. The van der Waals surface area contributed by atoms with Crippen molar-refractivity contribution in [3.8, 4) is 0 Å². The minimum absolute atomic E-state index is 0.246. The van der Waals surface area contributed by atoms with E-state index in [0.29, 0.717) is 12.8 Å².